The molecular formula is C12H18BrFN2OS. The van der Waals surface area contributed by atoms with E-state index in [2.05, 4.69) is 25.6 Å². The van der Waals surface area contributed by atoms with Crippen LogP contribution in [-0.2, 0) is 11.0 Å². The fourth-order valence-electron chi connectivity index (χ4n) is 1.25. The quantitative estimate of drug-likeness (QED) is 0.894. The molecule has 2 atom stereocenters. The van der Waals surface area contributed by atoms with Crippen molar-refractivity contribution in [3.8, 4) is 0 Å². The summed E-state index contributed by atoms with van der Waals surface area (Å²) in [6.45, 7) is 7.55. The summed E-state index contributed by atoms with van der Waals surface area (Å²) in [5, 5.41) is 0. The summed E-state index contributed by atoms with van der Waals surface area (Å²) in [4.78, 5) is 4.02. The molecule has 0 bridgehead atoms. The predicted octanol–water partition coefficient (Wildman–Crippen LogP) is 3.49. The van der Waals surface area contributed by atoms with Crippen LogP contribution in [0.25, 0.3) is 0 Å². The lowest BCUT2D eigenvalue weighted by atomic mass is 10.1. The average Bonchev–Trinajstić information content (AvgIpc) is 2.28. The lowest BCUT2D eigenvalue weighted by Gasteiger charge is -2.24. The zero-order chi connectivity index (χ0) is 13.9. The largest absolute Gasteiger partial charge is 0.255 e. The number of pyridine rings is 1. The van der Waals surface area contributed by atoms with Gasteiger partial charge in [-0.2, -0.15) is 0 Å². The van der Waals surface area contributed by atoms with Crippen LogP contribution in [-0.4, -0.2) is 13.9 Å². The van der Waals surface area contributed by atoms with Crippen molar-refractivity contribution >= 4 is 26.9 Å². The molecule has 0 saturated heterocycles. The third-order valence-electron chi connectivity index (χ3n) is 2.88. The van der Waals surface area contributed by atoms with Gasteiger partial charge in [0.15, 0.2) is 0 Å². The van der Waals surface area contributed by atoms with E-state index in [9.17, 15) is 8.60 Å². The van der Waals surface area contributed by atoms with Gasteiger partial charge < -0.3 is 0 Å². The van der Waals surface area contributed by atoms with Crippen LogP contribution in [0.4, 0.5) is 4.39 Å². The van der Waals surface area contributed by atoms with Crippen molar-refractivity contribution in [2.75, 3.05) is 0 Å². The number of nitrogens with one attached hydrogen (secondary N) is 1. The van der Waals surface area contributed by atoms with Crippen LogP contribution in [0.1, 0.15) is 45.9 Å². The Balaban J connectivity index is 2.83. The number of hydrogen-bond acceptors (Lipinski definition) is 2. The van der Waals surface area contributed by atoms with Crippen LogP contribution < -0.4 is 4.72 Å². The Morgan fingerprint density at radius 1 is 1.61 bits per heavy atom. The molecule has 0 fully saturated rings. The Morgan fingerprint density at radius 2 is 2.22 bits per heavy atom. The molecule has 0 spiro atoms. The lowest BCUT2D eigenvalue weighted by Crippen LogP contribution is -2.37. The first-order valence-corrected chi connectivity index (χ1v) is 7.71. The van der Waals surface area contributed by atoms with E-state index >= 15 is 0 Å². The molecule has 1 aromatic rings. The second-order valence-corrected chi connectivity index (χ2v) is 7.54. The van der Waals surface area contributed by atoms with E-state index in [0.717, 1.165) is 6.42 Å². The SMILES string of the molecule is CCC(C)(C)S(=O)NC(C)c1ncc(Br)cc1F. The van der Waals surface area contributed by atoms with Gasteiger partial charge in [-0.3, -0.25) is 4.98 Å². The van der Waals surface area contributed by atoms with Gasteiger partial charge in [-0.25, -0.2) is 13.3 Å². The zero-order valence-electron chi connectivity index (χ0n) is 11.0. The van der Waals surface area contributed by atoms with E-state index in [1.807, 2.05) is 20.8 Å². The van der Waals surface area contributed by atoms with Crippen molar-refractivity contribution in [2.24, 2.45) is 0 Å². The van der Waals surface area contributed by atoms with E-state index in [-0.39, 0.29) is 10.4 Å². The van der Waals surface area contributed by atoms with Crippen LogP contribution in [0.2, 0.25) is 0 Å². The minimum absolute atomic E-state index is 0.276. The molecule has 0 aliphatic rings. The lowest BCUT2D eigenvalue weighted by molar-refractivity contribution is 0.550. The van der Waals surface area contributed by atoms with E-state index in [0.29, 0.717) is 4.47 Å². The Bertz CT molecular complexity index is 454. The molecule has 0 amide bonds. The molecule has 3 nitrogen and oxygen atoms in total. The first-order valence-electron chi connectivity index (χ1n) is 5.77. The van der Waals surface area contributed by atoms with Crippen LogP contribution in [0, 0.1) is 5.82 Å². The van der Waals surface area contributed by atoms with Gasteiger partial charge in [0.25, 0.3) is 0 Å². The number of halogens is 2. The first-order chi connectivity index (χ1) is 8.27. The molecule has 6 heteroatoms. The second-order valence-electron chi connectivity index (χ2n) is 4.74. The molecule has 1 heterocycles. The van der Waals surface area contributed by atoms with Crippen molar-refractivity contribution in [3.05, 3.63) is 28.2 Å². The highest BCUT2D eigenvalue weighted by molar-refractivity contribution is 9.10. The third kappa shape index (κ3) is 3.83. The molecule has 0 radical (unpaired) electrons. The topological polar surface area (TPSA) is 42.0 Å². The highest BCUT2D eigenvalue weighted by atomic mass is 79.9. The molecule has 0 aromatic carbocycles. The van der Waals surface area contributed by atoms with E-state index < -0.39 is 22.8 Å². The fraction of sp³-hybridized carbons (Fsp3) is 0.583. The Morgan fingerprint density at radius 3 is 2.72 bits per heavy atom. The van der Waals surface area contributed by atoms with Crippen molar-refractivity contribution in [2.45, 2.75) is 44.9 Å². The first kappa shape index (κ1) is 15.7. The monoisotopic (exact) mass is 336 g/mol. The highest BCUT2D eigenvalue weighted by Gasteiger charge is 2.26. The molecule has 1 N–H and O–H groups in total. The normalized spacial score (nSPS) is 15.4. The third-order valence-corrected chi connectivity index (χ3v) is 5.18. The summed E-state index contributed by atoms with van der Waals surface area (Å²) >= 11 is 3.16. The molecule has 1 rings (SSSR count). The van der Waals surface area contributed by atoms with Gasteiger partial charge in [0.2, 0.25) is 0 Å². The van der Waals surface area contributed by atoms with Crippen LogP contribution in [0.3, 0.4) is 0 Å². The fourth-order valence-corrected chi connectivity index (χ4v) is 2.57. The van der Waals surface area contributed by atoms with E-state index in [1.165, 1.54) is 12.3 Å². The predicted molar refractivity (Wildman–Crippen MR) is 76.0 cm³/mol. The number of hydrogen-bond donors (Lipinski definition) is 1. The smallest absolute Gasteiger partial charge is 0.147 e. The van der Waals surface area contributed by atoms with Crippen LogP contribution >= 0.6 is 15.9 Å². The molecule has 18 heavy (non-hydrogen) atoms. The maximum atomic E-state index is 13.7. The molecule has 102 valence electrons. The van der Waals surface area contributed by atoms with E-state index in [1.54, 1.807) is 6.92 Å². The summed E-state index contributed by atoms with van der Waals surface area (Å²) in [7, 11) is -1.24. The van der Waals surface area contributed by atoms with E-state index in [4.69, 9.17) is 0 Å². The molecule has 0 saturated carbocycles. The molecule has 1 aromatic heterocycles. The summed E-state index contributed by atoms with van der Waals surface area (Å²) in [5.41, 5.74) is 0.276. The maximum absolute atomic E-state index is 13.7. The Hall–Kier alpha value is -0.330. The summed E-state index contributed by atoms with van der Waals surface area (Å²) in [6.07, 6.45) is 2.31. The van der Waals surface area contributed by atoms with Gasteiger partial charge in [-0.1, -0.05) is 6.92 Å². The molecule has 0 aliphatic carbocycles. The van der Waals surface area contributed by atoms with Gasteiger partial charge in [-0.15, -0.1) is 0 Å². The van der Waals surface area contributed by atoms with Crippen molar-refractivity contribution in [3.63, 3.8) is 0 Å². The summed E-state index contributed by atoms with van der Waals surface area (Å²) in [6, 6.07) is 0.957. The van der Waals surface area contributed by atoms with Gasteiger partial charge in [0.1, 0.15) is 5.82 Å². The number of aromatic nitrogens is 1. The molecular weight excluding hydrogens is 319 g/mol. The van der Waals surface area contributed by atoms with Crippen LogP contribution in [0.5, 0.6) is 0 Å². The Labute approximate surface area is 118 Å². The Kier molecular flexibility index (Phi) is 5.43. The summed E-state index contributed by atoms with van der Waals surface area (Å²) in [5.74, 6) is -0.407. The minimum atomic E-state index is -1.24. The zero-order valence-corrected chi connectivity index (χ0v) is 13.4. The van der Waals surface area contributed by atoms with Gasteiger partial charge in [0.05, 0.1) is 27.5 Å². The standard InChI is InChI=1S/C12H18BrFN2OS/c1-5-12(3,4)18(17)16-8(2)11-10(14)6-9(13)7-15-11/h6-8,16H,5H2,1-4H3. The van der Waals surface area contributed by atoms with Crippen molar-refractivity contribution in [1.29, 1.82) is 0 Å². The van der Waals surface area contributed by atoms with Gasteiger partial charge >= 0.3 is 0 Å². The summed E-state index contributed by atoms with van der Waals surface area (Å²) < 4.78 is 28.9. The number of rotatable bonds is 5. The highest BCUT2D eigenvalue weighted by Crippen LogP contribution is 2.21. The van der Waals surface area contributed by atoms with Crippen molar-refractivity contribution in [1.82, 2.24) is 9.71 Å². The van der Waals surface area contributed by atoms with Gasteiger partial charge in [-0.05, 0) is 49.2 Å². The molecule has 2 unspecified atom stereocenters. The van der Waals surface area contributed by atoms with Crippen LogP contribution in [0.15, 0.2) is 16.7 Å². The van der Waals surface area contributed by atoms with Gasteiger partial charge in [0, 0.05) is 10.7 Å². The van der Waals surface area contributed by atoms with Crippen molar-refractivity contribution < 1.29 is 8.60 Å². The minimum Gasteiger partial charge on any atom is -0.255 e. The number of nitrogens with zero attached hydrogens (tertiary/aromatic N) is 1. The maximum Gasteiger partial charge on any atom is 0.147 e. The second kappa shape index (κ2) is 6.21. The average molecular weight is 337 g/mol. The molecule has 0 aliphatic heterocycles.